The summed E-state index contributed by atoms with van der Waals surface area (Å²) in [5.74, 6) is 0.0463. The standard InChI is InChI=1S/C30H37N3O3S/c1-23-19-24(2)26(4)30(25(23)3)37(35,36)33-17-15-31(16-18-33)22-29(34)32(20-27-11-7-5-8-12-27)21-28-13-9-6-10-14-28/h5-14,19H,15-18,20-22H2,1-4H3. The highest BCUT2D eigenvalue weighted by molar-refractivity contribution is 7.89. The number of sulfonamides is 1. The van der Waals surface area contributed by atoms with Gasteiger partial charge in [-0.05, 0) is 61.1 Å². The fourth-order valence-corrected chi connectivity index (χ4v) is 6.95. The molecule has 0 atom stereocenters. The van der Waals surface area contributed by atoms with E-state index in [2.05, 4.69) is 4.90 Å². The van der Waals surface area contributed by atoms with Crippen LogP contribution in [0.1, 0.15) is 33.4 Å². The van der Waals surface area contributed by atoms with Crippen molar-refractivity contribution in [2.45, 2.75) is 45.7 Å². The number of carbonyl (C=O) groups excluding carboxylic acids is 1. The second-order valence-corrected chi connectivity index (χ2v) is 11.9. The first-order chi connectivity index (χ1) is 17.7. The van der Waals surface area contributed by atoms with Gasteiger partial charge < -0.3 is 4.90 Å². The smallest absolute Gasteiger partial charge is 0.243 e. The average molecular weight is 520 g/mol. The average Bonchev–Trinajstić information content (AvgIpc) is 2.89. The molecule has 196 valence electrons. The van der Waals surface area contributed by atoms with E-state index in [0.717, 1.165) is 33.4 Å². The number of benzene rings is 3. The Morgan fingerprint density at radius 3 is 1.68 bits per heavy atom. The van der Waals surface area contributed by atoms with Crippen LogP contribution in [0, 0.1) is 27.7 Å². The quantitative estimate of drug-likeness (QED) is 0.441. The Morgan fingerprint density at radius 2 is 1.22 bits per heavy atom. The number of rotatable bonds is 8. The summed E-state index contributed by atoms with van der Waals surface area (Å²) in [6, 6.07) is 22.1. The Bertz CT molecular complexity index is 1270. The lowest BCUT2D eigenvalue weighted by molar-refractivity contribution is -0.134. The Balaban J connectivity index is 1.44. The molecule has 0 bridgehead atoms. The highest BCUT2D eigenvalue weighted by Crippen LogP contribution is 2.29. The topological polar surface area (TPSA) is 60.9 Å². The zero-order chi connectivity index (χ0) is 26.6. The molecule has 6 nitrogen and oxygen atoms in total. The maximum atomic E-state index is 13.6. The number of piperazine rings is 1. The predicted molar refractivity (Wildman–Crippen MR) is 148 cm³/mol. The van der Waals surface area contributed by atoms with Crippen LogP contribution in [0.5, 0.6) is 0 Å². The van der Waals surface area contributed by atoms with Crippen LogP contribution < -0.4 is 0 Å². The SMILES string of the molecule is Cc1cc(C)c(C)c(S(=O)(=O)N2CCN(CC(=O)N(Cc3ccccc3)Cc3ccccc3)CC2)c1C. The first kappa shape index (κ1) is 27.0. The minimum Gasteiger partial charge on any atom is -0.333 e. The van der Waals surface area contributed by atoms with Crippen molar-refractivity contribution in [3.8, 4) is 0 Å². The Labute approximate surface area is 221 Å². The Kier molecular flexibility index (Phi) is 8.47. The van der Waals surface area contributed by atoms with Gasteiger partial charge >= 0.3 is 0 Å². The molecule has 0 aliphatic carbocycles. The lowest BCUT2D eigenvalue weighted by atomic mass is 10.0. The molecule has 37 heavy (non-hydrogen) atoms. The zero-order valence-electron chi connectivity index (χ0n) is 22.3. The summed E-state index contributed by atoms with van der Waals surface area (Å²) < 4.78 is 28.8. The summed E-state index contributed by atoms with van der Waals surface area (Å²) in [5.41, 5.74) is 5.78. The molecule has 1 heterocycles. The van der Waals surface area contributed by atoms with Gasteiger partial charge in [0, 0.05) is 39.3 Å². The molecule has 4 rings (SSSR count). The lowest BCUT2D eigenvalue weighted by Crippen LogP contribution is -2.51. The fourth-order valence-electron chi connectivity index (χ4n) is 4.96. The van der Waals surface area contributed by atoms with Gasteiger partial charge in [-0.1, -0.05) is 66.7 Å². The molecule has 7 heteroatoms. The molecule has 1 aliphatic heterocycles. The van der Waals surface area contributed by atoms with Gasteiger partial charge in [0.2, 0.25) is 15.9 Å². The van der Waals surface area contributed by atoms with Crippen LogP contribution in [0.2, 0.25) is 0 Å². The summed E-state index contributed by atoms with van der Waals surface area (Å²) in [6.07, 6.45) is 0. The van der Waals surface area contributed by atoms with E-state index >= 15 is 0 Å². The summed E-state index contributed by atoms with van der Waals surface area (Å²) >= 11 is 0. The van der Waals surface area contributed by atoms with Crippen molar-refractivity contribution in [2.75, 3.05) is 32.7 Å². The maximum absolute atomic E-state index is 13.6. The molecule has 1 saturated heterocycles. The third-order valence-corrected chi connectivity index (χ3v) is 9.54. The number of amides is 1. The van der Waals surface area contributed by atoms with Gasteiger partial charge in [-0.3, -0.25) is 9.69 Å². The van der Waals surface area contributed by atoms with Gasteiger partial charge in [0.05, 0.1) is 11.4 Å². The van der Waals surface area contributed by atoms with Gasteiger partial charge in [-0.2, -0.15) is 4.31 Å². The first-order valence-corrected chi connectivity index (χ1v) is 14.3. The third kappa shape index (κ3) is 6.29. The number of hydrogen-bond acceptors (Lipinski definition) is 4. The van der Waals surface area contributed by atoms with E-state index in [1.54, 1.807) is 4.31 Å². The van der Waals surface area contributed by atoms with Gasteiger partial charge in [0.15, 0.2) is 0 Å². The Hall–Kier alpha value is -3.00. The second kappa shape index (κ2) is 11.6. The van der Waals surface area contributed by atoms with Gasteiger partial charge in [0.25, 0.3) is 0 Å². The minimum atomic E-state index is -3.61. The lowest BCUT2D eigenvalue weighted by Gasteiger charge is -2.35. The molecular weight excluding hydrogens is 482 g/mol. The minimum absolute atomic E-state index is 0.0463. The number of nitrogens with zero attached hydrogens (tertiary/aromatic N) is 3. The molecule has 1 fully saturated rings. The molecular formula is C30H37N3O3S. The van der Waals surface area contributed by atoms with Crippen LogP contribution in [-0.4, -0.2) is 61.2 Å². The molecule has 3 aromatic carbocycles. The van der Waals surface area contributed by atoms with Crippen LogP contribution in [0.4, 0.5) is 0 Å². The van der Waals surface area contributed by atoms with Crippen molar-refractivity contribution in [2.24, 2.45) is 0 Å². The highest BCUT2D eigenvalue weighted by atomic mass is 32.2. The molecule has 0 aromatic heterocycles. The highest BCUT2D eigenvalue weighted by Gasteiger charge is 2.32. The molecule has 0 saturated carbocycles. The van der Waals surface area contributed by atoms with Crippen molar-refractivity contribution in [1.29, 1.82) is 0 Å². The number of hydrogen-bond donors (Lipinski definition) is 0. The molecule has 1 aliphatic rings. The maximum Gasteiger partial charge on any atom is 0.243 e. The normalized spacial score (nSPS) is 15.0. The Morgan fingerprint density at radius 1 is 0.757 bits per heavy atom. The van der Waals surface area contributed by atoms with Crippen LogP contribution in [0.25, 0.3) is 0 Å². The van der Waals surface area contributed by atoms with Gasteiger partial charge in [-0.15, -0.1) is 0 Å². The molecule has 1 amide bonds. The van der Waals surface area contributed by atoms with Gasteiger partial charge in [0.1, 0.15) is 0 Å². The third-order valence-electron chi connectivity index (χ3n) is 7.37. The summed E-state index contributed by atoms with van der Waals surface area (Å²) in [4.78, 5) is 17.8. The summed E-state index contributed by atoms with van der Waals surface area (Å²) in [5, 5.41) is 0. The van der Waals surface area contributed by atoms with Crippen molar-refractivity contribution in [3.05, 3.63) is 100 Å². The molecule has 3 aromatic rings. The summed E-state index contributed by atoms with van der Waals surface area (Å²) in [7, 11) is -3.61. The molecule has 0 spiro atoms. The van der Waals surface area contributed by atoms with Crippen LogP contribution >= 0.6 is 0 Å². The van der Waals surface area contributed by atoms with Gasteiger partial charge in [-0.25, -0.2) is 8.42 Å². The van der Waals surface area contributed by atoms with E-state index in [-0.39, 0.29) is 12.5 Å². The largest absolute Gasteiger partial charge is 0.333 e. The van der Waals surface area contributed by atoms with E-state index in [9.17, 15) is 13.2 Å². The number of aryl methyl sites for hydroxylation is 2. The van der Waals surface area contributed by atoms with Crippen molar-refractivity contribution in [3.63, 3.8) is 0 Å². The molecule has 0 unspecified atom stereocenters. The van der Waals surface area contributed by atoms with E-state index in [1.165, 1.54) is 0 Å². The fraction of sp³-hybridized carbons (Fsp3) is 0.367. The first-order valence-electron chi connectivity index (χ1n) is 12.8. The van der Waals surface area contributed by atoms with Crippen LogP contribution in [0.3, 0.4) is 0 Å². The van der Waals surface area contributed by atoms with E-state index < -0.39 is 10.0 Å². The van der Waals surface area contributed by atoms with E-state index in [0.29, 0.717) is 44.2 Å². The van der Waals surface area contributed by atoms with E-state index in [1.807, 2.05) is 99.3 Å². The number of carbonyl (C=O) groups is 1. The monoisotopic (exact) mass is 519 g/mol. The van der Waals surface area contributed by atoms with Crippen molar-refractivity contribution in [1.82, 2.24) is 14.1 Å². The summed E-state index contributed by atoms with van der Waals surface area (Å²) in [6.45, 7) is 10.8. The molecule has 0 radical (unpaired) electrons. The second-order valence-electron chi connectivity index (χ2n) is 9.99. The predicted octanol–water partition coefficient (Wildman–Crippen LogP) is 4.46. The zero-order valence-corrected chi connectivity index (χ0v) is 23.1. The molecule has 0 N–H and O–H groups in total. The van der Waals surface area contributed by atoms with Crippen LogP contribution in [-0.2, 0) is 27.9 Å². The van der Waals surface area contributed by atoms with Crippen LogP contribution in [0.15, 0.2) is 71.6 Å². The van der Waals surface area contributed by atoms with E-state index in [4.69, 9.17) is 0 Å². The van der Waals surface area contributed by atoms with Crippen molar-refractivity contribution < 1.29 is 13.2 Å². The van der Waals surface area contributed by atoms with Crippen molar-refractivity contribution >= 4 is 15.9 Å².